The Balaban J connectivity index is 1.99. The van der Waals surface area contributed by atoms with E-state index >= 15 is 0 Å². The Labute approximate surface area is 158 Å². The summed E-state index contributed by atoms with van der Waals surface area (Å²) in [5, 5.41) is 30.5. The smallest absolute Gasteiger partial charge is 0.387 e. The van der Waals surface area contributed by atoms with Crippen LogP contribution in [0.15, 0.2) is 52.2 Å². The van der Waals surface area contributed by atoms with Gasteiger partial charge in [0.2, 0.25) is 0 Å². The van der Waals surface area contributed by atoms with E-state index in [2.05, 4.69) is 0 Å². The van der Waals surface area contributed by atoms with E-state index in [4.69, 9.17) is 9.05 Å². The summed E-state index contributed by atoms with van der Waals surface area (Å²) in [7, 11) is -2.76. The predicted molar refractivity (Wildman–Crippen MR) is 94.7 cm³/mol. The van der Waals surface area contributed by atoms with Gasteiger partial charge in [-0.2, -0.15) is 0 Å². The number of alkyl halides is 1. The number of nitrogens with one attached hydrogen (secondary N) is 1. The van der Waals surface area contributed by atoms with Gasteiger partial charge in [0.15, 0.2) is 18.1 Å². The molecule has 28 heavy (non-hydrogen) atoms. The summed E-state index contributed by atoms with van der Waals surface area (Å²) in [6.45, 7) is -0.0421. The molecule has 0 saturated carbocycles. The average molecular weight is 417 g/mol. The number of hydrogen-bond donors (Lipinski definition) is 4. The molecule has 1 heterocycles. The molecule has 0 aliphatic heterocycles. The van der Waals surface area contributed by atoms with Gasteiger partial charge >= 0.3 is 13.9 Å². The number of hydrogen-bond acceptors (Lipinski definition) is 8. The van der Waals surface area contributed by atoms with Crippen molar-refractivity contribution in [1.82, 2.24) is 9.55 Å². The summed E-state index contributed by atoms with van der Waals surface area (Å²) in [6.07, 6.45) is -5.75. The lowest BCUT2D eigenvalue weighted by atomic mass is 9.93. The number of aliphatic hydroxyl groups is 3. The van der Waals surface area contributed by atoms with E-state index in [1.165, 1.54) is 12.1 Å². The summed E-state index contributed by atoms with van der Waals surface area (Å²) in [5.74, 6) is 0.222. The predicted octanol–water partition coefficient (Wildman–Crippen LogP) is 0.230. The van der Waals surface area contributed by atoms with Crippen molar-refractivity contribution in [3.8, 4) is 5.75 Å². The first kappa shape index (κ1) is 21.9. The number of aliphatic hydroxyl groups excluding tert-OH is 2. The molecule has 1 unspecified atom stereocenters. The van der Waals surface area contributed by atoms with Gasteiger partial charge < -0.3 is 15.3 Å². The summed E-state index contributed by atoms with van der Waals surface area (Å²) < 4.78 is 36.1. The number of rotatable bonds is 9. The van der Waals surface area contributed by atoms with Crippen molar-refractivity contribution in [2.24, 2.45) is 0 Å². The van der Waals surface area contributed by atoms with E-state index in [9.17, 15) is 33.9 Å². The molecule has 0 fully saturated rings. The third kappa shape index (κ3) is 5.31. The zero-order valence-electron chi connectivity index (χ0n) is 14.6. The lowest BCUT2D eigenvalue weighted by Crippen LogP contribution is -2.54. The maximum Gasteiger partial charge on any atom is 0.750 e. The molecular formula is C16H19FN2O8P+. The largest absolute Gasteiger partial charge is 0.750 e. The number of aromatic nitrogens is 2. The van der Waals surface area contributed by atoms with E-state index in [-0.39, 0.29) is 5.75 Å². The Kier molecular flexibility index (Phi) is 7.17. The highest BCUT2D eigenvalue weighted by molar-refractivity contribution is 7.33. The summed E-state index contributed by atoms with van der Waals surface area (Å²) in [4.78, 5) is 24.6. The van der Waals surface area contributed by atoms with Crippen molar-refractivity contribution >= 4 is 8.25 Å². The highest BCUT2D eigenvalue weighted by atomic mass is 31.1. The van der Waals surface area contributed by atoms with Crippen molar-refractivity contribution in [2.45, 2.75) is 31.0 Å². The summed E-state index contributed by atoms with van der Waals surface area (Å²) >= 11 is 0. The van der Waals surface area contributed by atoms with Gasteiger partial charge in [0.05, 0.1) is 0 Å². The fourth-order valence-corrected chi connectivity index (χ4v) is 2.85. The number of H-pyrrole nitrogens is 1. The van der Waals surface area contributed by atoms with Crippen LogP contribution < -0.4 is 15.8 Å². The number of nitrogens with zero attached hydrogens (tertiary/aromatic N) is 1. The molecule has 0 aliphatic rings. The van der Waals surface area contributed by atoms with Crippen LogP contribution in [-0.2, 0) is 9.09 Å². The minimum absolute atomic E-state index is 0.222. The fraction of sp³-hybridized carbons (Fsp3) is 0.375. The number of halogens is 1. The van der Waals surface area contributed by atoms with Crippen molar-refractivity contribution in [3.05, 3.63) is 63.4 Å². The van der Waals surface area contributed by atoms with Gasteiger partial charge in [-0.25, -0.2) is 13.7 Å². The molecule has 0 spiro atoms. The minimum atomic E-state index is -2.76. The van der Waals surface area contributed by atoms with Gasteiger partial charge in [0.1, 0.15) is 18.3 Å². The van der Waals surface area contributed by atoms with Crippen molar-refractivity contribution in [3.63, 3.8) is 0 Å². The first-order chi connectivity index (χ1) is 13.1. The normalized spacial score (nSPS) is 17.2. The SMILES string of the molecule is C[C@@](O)([C@H](O)[C@@H](F)CO[P+](=O)Oc1ccccc1)[C@@H](O)n1ccc(=O)[nH]c1=O. The van der Waals surface area contributed by atoms with Crippen molar-refractivity contribution in [2.75, 3.05) is 6.61 Å². The maximum atomic E-state index is 14.3. The van der Waals surface area contributed by atoms with Crippen LogP contribution in [0.5, 0.6) is 5.75 Å². The molecule has 152 valence electrons. The van der Waals surface area contributed by atoms with Crippen molar-refractivity contribution in [1.29, 1.82) is 0 Å². The second-order valence-corrected chi connectivity index (χ2v) is 6.89. The van der Waals surface area contributed by atoms with Gasteiger partial charge in [-0.05, 0) is 19.1 Å². The molecule has 1 aromatic heterocycles. The van der Waals surface area contributed by atoms with Crippen LogP contribution in [0.25, 0.3) is 0 Å². The maximum absolute atomic E-state index is 14.3. The molecule has 5 atom stereocenters. The number of para-hydroxylation sites is 1. The molecule has 2 aromatic rings. The molecule has 10 nitrogen and oxygen atoms in total. The Morgan fingerprint density at radius 3 is 2.50 bits per heavy atom. The third-order valence-corrected chi connectivity index (χ3v) is 4.56. The van der Waals surface area contributed by atoms with E-state index in [1.807, 2.05) is 4.98 Å². The van der Waals surface area contributed by atoms with Crippen LogP contribution >= 0.6 is 8.25 Å². The van der Waals surface area contributed by atoms with Gasteiger partial charge in [-0.1, -0.05) is 18.2 Å². The highest BCUT2D eigenvalue weighted by Crippen LogP contribution is 2.30. The molecule has 0 amide bonds. The van der Waals surface area contributed by atoms with Gasteiger partial charge in [-0.15, -0.1) is 4.52 Å². The molecule has 1 aromatic carbocycles. The van der Waals surface area contributed by atoms with Crippen molar-refractivity contribution < 1.29 is 33.3 Å². The fourth-order valence-electron chi connectivity index (χ4n) is 2.24. The first-order valence-electron chi connectivity index (χ1n) is 8.00. The lowest BCUT2D eigenvalue weighted by Gasteiger charge is -2.35. The van der Waals surface area contributed by atoms with E-state index in [0.29, 0.717) is 4.57 Å². The topological polar surface area (TPSA) is 151 Å². The monoisotopic (exact) mass is 417 g/mol. The third-order valence-electron chi connectivity index (χ3n) is 3.84. The number of benzene rings is 1. The van der Waals surface area contributed by atoms with Crippen LogP contribution in [0.2, 0.25) is 0 Å². The summed E-state index contributed by atoms with van der Waals surface area (Å²) in [6, 6.07) is 8.85. The van der Waals surface area contributed by atoms with Gasteiger partial charge in [-0.3, -0.25) is 14.3 Å². The van der Waals surface area contributed by atoms with Crippen LogP contribution in [0.4, 0.5) is 4.39 Å². The molecule has 0 aliphatic carbocycles. The lowest BCUT2D eigenvalue weighted by molar-refractivity contribution is -0.184. The molecule has 0 radical (unpaired) electrons. The molecule has 12 heteroatoms. The Morgan fingerprint density at radius 2 is 1.89 bits per heavy atom. The zero-order chi connectivity index (χ0) is 20.9. The summed E-state index contributed by atoms with van der Waals surface area (Å²) in [5.41, 5.74) is -4.37. The minimum Gasteiger partial charge on any atom is -0.387 e. The number of aromatic amines is 1. The van der Waals surface area contributed by atoms with E-state index in [0.717, 1.165) is 19.2 Å². The van der Waals surface area contributed by atoms with Gasteiger partial charge in [0.25, 0.3) is 5.56 Å². The standard InChI is InChI=1S/C16H18FN2O8P/c1-16(24,14(22)19-8-7-12(20)18-15(19)23)13(21)11(17)9-26-28(25)27-10-5-3-2-4-6-10/h2-8,11,13-14,21-22,24H,9H2,1H3/p+1/t11-,13+,14+,16+/m0/s1. The quantitative estimate of drug-likeness (QED) is 0.424. The first-order valence-corrected chi connectivity index (χ1v) is 9.09. The second-order valence-electron chi connectivity index (χ2n) is 6.00. The van der Waals surface area contributed by atoms with Crippen LogP contribution in [0.1, 0.15) is 13.2 Å². The molecular weight excluding hydrogens is 398 g/mol. The van der Waals surface area contributed by atoms with E-state index in [1.54, 1.807) is 18.2 Å². The Hall–Kier alpha value is -2.43. The highest BCUT2D eigenvalue weighted by Gasteiger charge is 2.45. The second kappa shape index (κ2) is 9.18. The van der Waals surface area contributed by atoms with Gasteiger partial charge in [0, 0.05) is 16.8 Å². The molecule has 0 bridgehead atoms. The zero-order valence-corrected chi connectivity index (χ0v) is 15.5. The van der Waals surface area contributed by atoms with Crippen LogP contribution in [-0.4, -0.2) is 49.4 Å². The Bertz CT molecular complexity index is 917. The van der Waals surface area contributed by atoms with Crippen LogP contribution in [0.3, 0.4) is 0 Å². The molecule has 2 rings (SSSR count). The van der Waals surface area contributed by atoms with E-state index < -0.39 is 50.2 Å². The molecule has 4 N–H and O–H groups in total. The average Bonchev–Trinajstić information content (AvgIpc) is 2.65. The van der Waals surface area contributed by atoms with Crippen LogP contribution in [0, 0.1) is 0 Å². The molecule has 0 saturated heterocycles. The Morgan fingerprint density at radius 1 is 1.25 bits per heavy atom.